The zero-order valence-corrected chi connectivity index (χ0v) is 14.1. The van der Waals surface area contributed by atoms with E-state index in [2.05, 4.69) is 5.32 Å². The first kappa shape index (κ1) is 16.7. The number of nitrogens with two attached hydrogens (primary N) is 1. The summed E-state index contributed by atoms with van der Waals surface area (Å²) in [5.74, 6) is -0.134. The maximum absolute atomic E-state index is 12.9. The summed E-state index contributed by atoms with van der Waals surface area (Å²) in [4.78, 5) is 12.9. The number of aliphatic hydroxyl groups is 1. The Morgan fingerprint density at radius 3 is 2.43 bits per heavy atom. The molecule has 0 radical (unpaired) electrons. The van der Waals surface area contributed by atoms with Gasteiger partial charge >= 0.3 is 0 Å². The van der Waals surface area contributed by atoms with Crippen molar-refractivity contribution in [2.45, 2.75) is 77.2 Å². The van der Waals surface area contributed by atoms with Crippen LogP contribution in [0.15, 0.2) is 0 Å². The van der Waals surface area contributed by atoms with E-state index in [1.165, 1.54) is 0 Å². The summed E-state index contributed by atoms with van der Waals surface area (Å²) in [5, 5.41) is 13.2. The van der Waals surface area contributed by atoms with Crippen molar-refractivity contribution in [1.82, 2.24) is 5.32 Å². The number of amides is 1. The standard InChI is InChI=1S/C16H30N2O3/c1-13(2)11-10(8-7-9-21-11)16(13,17)12(19)18-14(3,4)15(5,6)20/h10-11,20H,7-9,17H2,1-6H3,(H,18,19). The molecule has 1 saturated heterocycles. The predicted molar refractivity (Wildman–Crippen MR) is 81.7 cm³/mol. The Balaban J connectivity index is 2.22. The van der Waals surface area contributed by atoms with Crippen molar-refractivity contribution in [2.24, 2.45) is 17.1 Å². The Kier molecular flexibility index (Phi) is 3.72. The van der Waals surface area contributed by atoms with E-state index in [9.17, 15) is 9.90 Å². The molecule has 2 aliphatic rings. The number of hydrogen-bond acceptors (Lipinski definition) is 4. The highest BCUT2D eigenvalue weighted by Crippen LogP contribution is 2.57. The lowest BCUT2D eigenvalue weighted by atomic mass is 9.46. The largest absolute Gasteiger partial charge is 0.388 e. The molecule has 0 bridgehead atoms. The van der Waals surface area contributed by atoms with Gasteiger partial charge in [-0.2, -0.15) is 0 Å². The molecule has 0 aromatic heterocycles. The Hall–Kier alpha value is -0.650. The van der Waals surface area contributed by atoms with Crippen LogP contribution in [0.4, 0.5) is 0 Å². The molecule has 2 fully saturated rings. The predicted octanol–water partition coefficient (Wildman–Crippen LogP) is 1.18. The maximum Gasteiger partial charge on any atom is 0.241 e. The molecule has 5 heteroatoms. The average Bonchev–Trinajstić information content (AvgIpc) is 2.35. The van der Waals surface area contributed by atoms with Crippen LogP contribution in [-0.2, 0) is 9.53 Å². The SMILES string of the molecule is CC(C)(O)C(C)(C)NC(=O)C1(N)C2CCCOC2C1(C)C. The second-order valence-corrected chi connectivity index (χ2v) is 8.27. The highest BCUT2D eigenvalue weighted by atomic mass is 16.5. The molecule has 1 aliphatic carbocycles. The number of nitrogens with one attached hydrogen (secondary N) is 1. The smallest absolute Gasteiger partial charge is 0.241 e. The third kappa shape index (κ3) is 2.21. The molecule has 1 aliphatic heterocycles. The summed E-state index contributed by atoms with van der Waals surface area (Å²) in [5.41, 5.74) is 3.42. The molecule has 1 heterocycles. The van der Waals surface area contributed by atoms with Crippen LogP contribution in [0.3, 0.4) is 0 Å². The second kappa shape index (κ2) is 4.67. The number of fused-ring (bicyclic) bond motifs is 1. The first-order valence-corrected chi connectivity index (χ1v) is 7.81. The van der Waals surface area contributed by atoms with E-state index in [-0.39, 0.29) is 17.9 Å². The van der Waals surface area contributed by atoms with Crippen LogP contribution < -0.4 is 11.1 Å². The van der Waals surface area contributed by atoms with Crippen molar-refractivity contribution in [1.29, 1.82) is 0 Å². The number of carbonyl (C=O) groups excluding carboxylic acids is 1. The fourth-order valence-corrected chi connectivity index (χ4v) is 3.58. The number of ether oxygens (including phenoxy) is 1. The van der Waals surface area contributed by atoms with Gasteiger partial charge in [0.05, 0.1) is 17.2 Å². The molecular weight excluding hydrogens is 268 g/mol. The van der Waals surface area contributed by atoms with E-state index in [1.807, 2.05) is 27.7 Å². The average molecular weight is 298 g/mol. The first-order valence-electron chi connectivity index (χ1n) is 7.81. The van der Waals surface area contributed by atoms with Gasteiger partial charge in [0.2, 0.25) is 5.91 Å². The molecular formula is C16H30N2O3. The van der Waals surface area contributed by atoms with Crippen LogP contribution in [0, 0.1) is 11.3 Å². The molecule has 3 unspecified atom stereocenters. The van der Waals surface area contributed by atoms with Crippen molar-refractivity contribution in [2.75, 3.05) is 6.61 Å². The van der Waals surface area contributed by atoms with Crippen molar-refractivity contribution < 1.29 is 14.6 Å². The van der Waals surface area contributed by atoms with E-state index >= 15 is 0 Å². The molecule has 0 spiro atoms. The first-order chi connectivity index (χ1) is 9.36. The van der Waals surface area contributed by atoms with Crippen molar-refractivity contribution in [3.63, 3.8) is 0 Å². The van der Waals surface area contributed by atoms with Gasteiger partial charge in [0.25, 0.3) is 0 Å². The van der Waals surface area contributed by atoms with Crippen LogP contribution in [-0.4, -0.2) is 40.4 Å². The van der Waals surface area contributed by atoms with Gasteiger partial charge in [-0.05, 0) is 40.5 Å². The van der Waals surface area contributed by atoms with Crippen LogP contribution in [0.2, 0.25) is 0 Å². The monoisotopic (exact) mass is 298 g/mol. The third-order valence-electron chi connectivity index (χ3n) is 6.02. The third-order valence-corrected chi connectivity index (χ3v) is 6.02. The van der Waals surface area contributed by atoms with E-state index in [1.54, 1.807) is 13.8 Å². The van der Waals surface area contributed by atoms with E-state index < -0.39 is 22.1 Å². The molecule has 0 aromatic rings. The fourth-order valence-electron chi connectivity index (χ4n) is 3.58. The lowest BCUT2D eigenvalue weighted by Gasteiger charge is -2.65. The highest BCUT2D eigenvalue weighted by molar-refractivity contribution is 5.90. The summed E-state index contributed by atoms with van der Waals surface area (Å²) < 4.78 is 5.83. The molecule has 1 saturated carbocycles. The van der Waals surface area contributed by atoms with Gasteiger partial charge in [-0.25, -0.2) is 0 Å². The zero-order valence-electron chi connectivity index (χ0n) is 14.1. The minimum atomic E-state index is -1.03. The van der Waals surface area contributed by atoms with Gasteiger partial charge in [0.15, 0.2) is 0 Å². The minimum Gasteiger partial charge on any atom is -0.388 e. The highest BCUT2D eigenvalue weighted by Gasteiger charge is 2.70. The molecule has 2 rings (SSSR count). The van der Waals surface area contributed by atoms with Gasteiger partial charge < -0.3 is 20.9 Å². The molecule has 4 N–H and O–H groups in total. The van der Waals surface area contributed by atoms with E-state index in [0.29, 0.717) is 0 Å². The second-order valence-electron chi connectivity index (χ2n) is 8.27. The van der Waals surface area contributed by atoms with E-state index in [4.69, 9.17) is 10.5 Å². The topological polar surface area (TPSA) is 84.6 Å². The Morgan fingerprint density at radius 1 is 1.33 bits per heavy atom. The van der Waals surface area contributed by atoms with Crippen molar-refractivity contribution in [3.05, 3.63) is 0 Å². The minimum absolute atomic E-state index is 0.0484. The van der Waals surface area contributed by atoms with Crippen LogP contribution in [0.5, 0.6) is 0 Å². The maximum atomic E-state index is 12.9. The lowest BCUT2D eigenvalue weighted by Crippen LogP contribution is -2.83. The van der Waals surface area contributed by atoms with Crippen molar-refractivity contribution >= 4 is 5.91 Å². The van der Waals surface area contributed by atoms with E-state index in [0.717, 1.165) is 19.4 Å². The Bertz CT molecular complexity index is 439. The van der Waals surface area contributed by atoms with Gasteiger partial charge in [-0.3, -0.25) is 4.79 Å². The summed E-state index contributed by atoms with van der Waals surface area (Å²) in [6, 6.07) is 0. The summed E-state index contributed by atoms with van der Waals surface area (Å²) in [6.07, 6.45) is 1.91. The molecule has 5 nitrogen and oxygen atoms in total. The van der Waals surface area contributed by atoms with Crippen LogP contribution in [0.25, 0.3) is 0 Å². The van der Waals surface area contributed by atoms with Crippen LogP contribution >= 0.6 is 0 Å². The lowest BCUT2D eigenvalue weighted by molar-refractivity contribution is -0.226. The summed E-state index contributed by atoms with van der Waals surface area (Å²) in [6.45, 7) is 11.7. The van der Waals surface area contributed by atoms with Gasteiger partial charge in [0.1, 0.15) is 5.54 Å². The fraction of sp³-hybridized carbons (Fsp3) is 0.938. The van der Waals surface area contributed by atoms with Gasteiger partial charge in [-0.1, -0.05) is 13.8 Å². The molecule has 1 amide bonds. The number of carbonyl (C=O) groups is 1. The summed E-state index contributed by atoms with van der Waals surface area (Å²) in [7, 11) is 0. The molecule has 122 valence electrons. The zero-order chi connectivity index (χ0) is 16.3. The van der Waals surface area contributed by atoms with Gasteiger partial charge in [0, 0.05) is 17.9 Å². The van der Waals surface area contributed by atoms with Crippen molar-refractivity contribution in [3.8, 4) is 0 Å². The number of hydrogen-bond donors (Lipinski definition) is 3. The Labute approximate surface area is 127 Å². The van der Waals surface area contributed by atoms with Gasteiger partial charge in [-0.15, -0.1) is 0 Å². The molecule has 21 heavy (non-hydrogen) atoms. The number of rotatable bonds is 3. The normalized spacial score (nSPS) is 35.6. The molecule has 0 aromatic carbocycles. The molecule has 3 atom stereocenters. The summed E-state index contributed by atoms with van der Waals surface area (Å²) >= 11 is 0. The Morgan fingerprint density at radius 2 is 1.90 bits per heavy atom. The quantitative estimate of drug-likeness (QED) is 0.730. The van der Waals surface area contributed by atoms with Crippen LogP contribution in [0.1, 0.15) is 54.4 Å².